The van der Waals surface area contributed by atoms with Gasteiger partial charge in [-0.05, 0) is 37.0 Å². The molecule has 1 aromatic carbocycles. The Labute approximate surface area is 142 Å². The van der Waals surface area contributed by atoms with Crippen molar-refractivity contribution in [3.05, 3.63) is 29.8 Å². The molecule has 1 saturated carbocycles. The lowest BCUT2D eigenvalue weighted by Crippen LogP contribution is -2.55. The van der Waals surface area contributed by atoms with Crippen LogP contribution in [0.3, 0.4) is 0 Å². The van der Waals surface area contributed by atoms with Crippen LogP contribution >= 0.6 is 0 Å². The number of nitrogens with zero attached hydrogens (tertiary/aromatic N) is 2. The Hall–Kier alpha value is -2.08. The lowest BCUT2D eigenvalue weighted by molar-refractivity contribution is -0.140. The molecule has 2 amide bonds. The van der Waals surface area contributed by atoms with Gasteiger partial charge in [0.15, 0.2) is 0 Å². The molecule has 0 spiro atoms. The van der Waals surface area contributed by atoms with Gasteiger partial charge in [-0.2, -0.15) is 0 Å². The summed E-state index contributed by atoms with van der Waals surface area (Å²) in [5.41, 5.74) is 6.48. The largest absolute Gasteiger partial charge is 0.497 e. The zero-order valence-electron chi connectivity index (χ0n) is 14.2. The molecule has 1 aliphatic heterocycles. The third kappa shape index (κ3) is 3.70. The number of hydrogen-bond acceptors (Lipinski definition) is 4. The van der Waals surface area contributed by atoms with Crippen molar-refractivity contribution in [3.63, 3.8) is 0 Å². The fourth-order valence-corrected chi connectivity index (χ4v) is 3.02. The molecule has 24 heavy (non-hydrogen) atoms. The molecule has 1 aliphatic carbocycles. The van der Waals surface area contributed by atoms with Gasteiger partial charge in [0, 0.05) is 32.6 Å². The predicted octanol–water partition coefficient (Wildman–Crippen LogP) is 0.790. The first-order valence-corrected chi connectivity index (χ1v) is 8.51. The minimum Gasteiger partial charge on any atom is -0.497 e. The van der Waals surface area contributed by atoms with Crippen molar-refractivity contribution in [2.75, 3.05) is 33.3 Å². The minimum absolute atomic E-state index is 0.0489. The molecule has 6 heteroatoms. The Bertz CT molecular complexity index is 602. The molecule has 1 aromatic rings. The highest BCUT2D eigenvalue weighted by molar-refractivity contribution is 5.89. The molecule has 2 aliphatic rings. The van der Waals surface area contributed by atoms with Gasteiger partial charge in [-0.15, -0.1) is 0 Å². The molecule has 1 saturated heterocycles. The Morgan fingerprint density at radius 3 is 2.21 bits per heavy atom. The second-order valence-electron chi connectivity index (χ2n) is 6.68. The zero-order chi connectivity index (χ0) is 17.2. The summed E-state index contributed by atoms with van der Waals surface area (Å²) in [6.07, 6.45) is 2.77. The Morgan fingerprint density at radius 1 is 1.08 bits per heavy atom. The van der Waals surface area contributed by atoms with Crippen LogP contribution in [0.25, 0.3) is 0 Å². The van der Waals surface area contributed by atoms with E-state index in [0.29, 0.717) is 39.0 Å². The molecule has 2 N–H and O–H groups in total. The summed E-state index contributed by atoms with van der Waals surface area (Å²) in [7, 11) is 1.64. The van der Waals surface area contributed by atoms with Crippen molar-refractivity contribution >= 4 is 11.8 Å². The van der Waals surface area contributed by atoms with Crippen LogP contribution < -0.4 is 10.5 Å². The van der Waals surface area contributed by atoms with Crippen LogP contribution in [0.1, 0.15) is 24.8 Å². The Morgan fingerprint density at radius 2 is 1.67 bits per heavy atom. The molecule has 2 fully saturated rings. The van der Waals surface area contributed by atoms with Crippen LogP contribution in [-0.4, -0.2) is 60.4 Å². The maximum atomic E-state index is 12.4. The van der Waals surface area contributed by atoms with Crippen LogP contribution in [0, 0.1) is 0 Å². The van der Waals surface area contributed by atoms with Gasteiger partial charge in [-0.25, -0.2) is 0 Å². The van der Waals surface area contributed by atoms with Crippen molar-refractivity contribution in [2.24, 2.45) is 5.73 Å². The van der Waals surface area contributed by atoms with E-state index >= 15 is 0 Å². The van der Waals surface area contributed by atoms with Crippen LogP contribution in [0.2, 0.25) is 0 Å². The van der Waals surface area contributed by atoms with E-state index in [-0.39, 0.29) is 11.8 Å². The summed E-state index contributed by atoms with van der Waals surface area (Å²) in [6, 6.07) is 7.79. The van der Waals surface area contributed by atoms with Gasteiger partial charge in [-0.3, -0.25) is 9.59 Å². The third-order valence-electron chi connectivity index (χ3n) is 4.92. The highest BCUT2D eigenvalue weighted by Crippen LogP contribution is 2.34. The van der Waals surface area contributed by atoms with Crippen molar-refractivity contribution in [1.82, 2.24) is 9.80 Å². The molecule has 0 radical (unpaired) electrons. The second-order valence-corrected chi connectivity index (χ2v) is 6.68. The molecular formula is C18H25N3O3. The molecule has 0 aromatic heterocycles. The number of carbonyl (C=O) groups is 2. The first-order valence-electron chi connectivity index (χ1n) is 8.51. The summed E-state index contributed by atoms with van der Waals surface area (Å²) in [4.78, 5) is 28.2. The number of carbonyl (C=O) groups excluding carboxylic acids is 2. The maximum absolute atomic E-state index is 12.4. The Balaban J connectivity index is 1.44. The van der Waals surface area contributed by atoms with E-state index in [1.807, 2.05) is 29.2 Å². The minimum atomic E-state index is -0.611. The number of hydrogen-bond donors (Lipinski definition) is 1. The number of rotatable bonds is 5. The number of amides is 2. The van der Waals surface area contributed by atoms with Crippen LogP contribution in [0.5, 0.6) is 5.75 Å². The van der Waals surface area contributed by atoms with Gasteiger partial charge in [0.25, 0.3) is 0 Å². The fraction of sp³-hybridized carbons (Fsp3) is 0.556. The predicted molar refractivity (Wildman–Crippen MR) is 90.6 cm³/mol. The van der Waals surface area contributed by atoms with E-state index in [1.54, 1.807) is 12.0 Å². The SMILES string of the molecule is COc1ccc(CCC(=O)N2CCN(C(=O)C3(N)CC3)CC2)cc1. The van der Waals surface area contributed by atoms with Gasteiger partial charge >= 0.3 is 0 Å². The smallest absolute Gasteiger partial charge is 0.242 e. The normalized spacial score (nSPS) is 19.1. The van der Waals surface area contributed by atoms with E-state index in [2.05, 4.69) is 0 Å². The van der Waals surface area contributed by atoms with Crippen molar-refractivity contribution in [3.8, 4) is 5.75 Å². The lowest BCUT2D eigenvalue weighted by Gasteiger charge is -2.36. The number of methoxy groups -OCH3 is 1. The van der Waals surface area contributed by atoms with Crippen LogP contribution in [0.4, 0.5) is 0 Å². The van der Waals surface area contributed by atoms with Gasteiger partial charge in [0.05, 0.1) is 12.6 Å². The number of piperazine rings is 1. The topological polar surface area (TPSA) is 75.9 Å². The van der Waals surface area contributed by atoms with E-state index in [9.17, 15) is 9.59 Å². The summed E-state index contributed by atoms with van der Waals surface area (Å²) in [5.74, 6) is 1.01. The van der Waals surface area contributed by atoms with Crippen molar-refractivity contribution in [2.45, 2.75) is 31.2 Å². The summed E-state index contributed by atoms with van der Waals surface area (Å²) >= 11 is 0. The number of ether oxygens (including phenoxy) is 1. The van der Waals surface area contributed by atoms with E-state index in [1.165, 1.54) is 0 Å². The van der Waals surface area contributed by atoms with Crippen LogP contribution in [0.15, 0.2) is 24.3 Å². The second kappa shape index (κ2) is 6.81. The summed E-state index contributed by atoms with van der Waals surface area (Å²) in [6.45, 7) is 2.38. The third-order valence-corrected chi connectivity index (χ3v) is 4.92. The van der Waals surface area contributed by atoms with E-state index < -0.39 is 5.54 Å². The standard InChI is InChI=1S/C18H25N3O3/c1-24-15-5-2-14(3-6-15)4-7-16(22)20-10-12-21(13-11-20)17(23)18(19)8-9-18/h2-3,5-6H,4,7-13,19H2,1H3. The quantitative estimate of drug-likeness (QED) is 0.865. The Kier molecular flexibility index (Phi) is 4.76. The maximum Gasteiger partial charge on any atom is 0.242 e. The van der Waals surface area contributed by atoms with Gasteiger partial charge in [0.2, 0.25) is 11.8 Å². The number of nitrogens with two attached hydrogens (primary N) is 1. The number of aryl methyl sites for hydroxylation is 1. The van der Waals surface area contributed by atoms with Gasteiger partial charge in [0.1, 0.15) is 5.75 Å². The number of benzene rings is 1. The molecular weight excluding hydrogens is 306 g/mol. The lowest BCUT2D eigenvalue weighted by atomic mass is 10.1. The highest BCUT2D eigenvalue weighted by atomic mass is 16.5. The van der Waals surface area contributed by atoms with Crippen molar-refractivity contribution in [1.29, 1.82) is 0 Å². The van der Waals surface area contributed by atoms with E-state index in [4.69, 9.17) is 10.5 Å². The first-order chi connectivity index (χ1) is 11.5. The molecule has 0 unspecified atom stereocenters. The van der Waals surface area contributed by atoms with Gasteiger partial charge in [-0.1, -0.05) is 12.1 Å². The molecule has 130 valence electrons. The first kappa shape index (κ1) is 16.8. The monoisotopic (exact) mass is 331 g/mol. The zero-order valence-corrected chi connectivity index (χ0v) is 14.2. The summed E-state index contributed by atoms with van der Waals surface area (Å²) < 4.78 is 5.13. The average Bonchev–Trinajstić information content (AvgIpc) is 3.38. The molecule has 1 heterocycles. The fourth-order valence-electron chi connectivity index (χ4n) is 3.02. The molecule has 0 bridgehead atoms. The van der Waals surface area contributed by atoms with E-state index in [0.717, 1.165) is 24.2 Å². The summed E-state index contributed by atoms with van der Waals surface area (Å²) in [5, 5.41) is 0. The highest BCUT2D eigenvalue weighted by Gasteiger charge is 2.48. The molecule has 0 atom stereocenters. The van der Waals surface area contributed by atoms with Gasteiger partial charge < -0.3 is 20.3 Å². The molecule has 6 nitrogen and oxygen atoms in total. The van der Waals surface area contributed by atoms with Crippen molar-refractivity contribution < 1.29 is 14.3 Å². The average molecular weight is 331 g/mol. The molecule has 3 rings (SSSR count). The van der Waals surface area contributed by atoms with Crippen LogP contribution in [-0.2, 0) is 16.0 Å².